The van der Waals surface area contributed by atoms with Gasteiger partial charge in [-0.2, -0.15) is 0 Å². The van der Waals surface area contributed by atoms with Gasteiger partial charge in [-0.25, -0.2) is 4.39 Å². The monoisotopic (exact) mass is 215 g/mol. The molecule has 0 aliphatic rings. The zero-order valence-corrected chi connectivity index (χ0v) is 9.45. The summed E-state index contributed by atoms with van der Waals surface area (Å²) < 4.78 is 13.6. The van der Waals surface area contributed by atoms with Crippen LogP contribution in [0.4, 0.5) is 4.39 Å². The molecule has 78 valence electrons. The Morgan fingerprint density at radius 2 is 2.00 bits per heavy atom. The molecule has 0 aromatic heterocycles. The van der Waals surface area contributed by atoms with Crippen molar-refractivity contribution in [3.05, 3.63) is 34.1 Å². The highest BCUT2D eigenvalue weighted by molar-refractivity contribution is 6.30. The number of hydrogen-bond donors (Lipinski definition) is 1. The van der Waals surface area contributed by atoms with Crippen molar-refractivity contribution in [3.63, 3.8) is 0 Å². The molecule has 0 bridgehead atoms. The molecule has 0 spiro atoms. The minimum Gasteiger partial charge on any atom is -0.325 e. The van der Waals surface area contributed by atoms with Crippen LogP contribution in [0.3, 0.4) is 0 Å². The van der Waals surface area contributed by atoms with Crippen LogP contribution in [0.1, 0.15) is 25.0 Å². The van der Waals surface area contributed by atoms with Gasteiger partial charge in [-0.05, 0) is 50.5 Å². The lowest BCUT2D eigenvalue weighted by Crippen LogP contribution is -2.34. The maximum atomic E-state index is 13.6. The largest absolute Gasteiger partial charge is 0.325 e. The minimum absolute atomic E-state index is 0.201. The van der Waals surface area contributed by atoms with E-state index in [0.29, 0.717) is 22.6 Å². The molecule has 1 aromatic rings. The number of halogens is 2. The van der Waals surface area contributed by atoms with Gasteiger partial charge in [-0.3, -0.25) is 0 Å². The number of rotatable bonds is 2. The normalized spacial score (nSPS) is 11.9. The maximum absolute atomic E-state index is 13.6. The number of benzene rings is 1. The summed E-state index contributed by atoms with van der Waals surface area (Å²) >= 11 is 5.84. The molecule has 14 heavy (non-hydrogen) atoms. The molecular weight excluding hydrogens is 201 g/mol. The van der Waals surface area contributed by atoms with Crippen molar-refractivity contribution in [2.24, 2.45) is 5.73 Å². The number of aryl methyl sites for hydroxylation is 1. The Bertz CT molecular complexity index is 342. The Hall–Kier alpha value is -0.600. The van der Waals surface area contributed by atoms with Crippen LogP contribution in [-0.4, -0.2) is 5.54 Å². The molecule has 0 heterocycles. The van der Waals surface area contributed by atoms with Gasteiger partial charge in [0.05, 0.1) is 0 Å². The summed E-state index contributed by atoms with van der Waals surface area (Å²) in [6.07, 6.45) is 0.486. The first kappa shape index (κ1) is 11.5. The van der Waals surface area contributed by atoms with Crippen LogP contribution >= 0.6 is 11.6 Å². The van der Waals surface area contributed by atoms with E-state index in [4.69, 9.17) is 17.3 Å². The molecule has 2 N–H and O–H groups in total. The van der Waals surface area contributed by atoms with Crippen molar-refractivity contribution in [3.8, 4) is 0 Å². The summed E-state index contributed by atoms with van der Waals surface area (Å²) in [6.45, 7) is 5.43. The second-order valence-electron chi connectivity index (χ2n) is 4.36. The fourth-order valence-electron chi connectivity index (χ4n) is 1.41. The van der Waals surface area contributed by atoms with E-state index < -0.39 is 5.54 Å². The molecule has 1 rings (SSSR count). The van der Waals surface area contributed by atoms with E-state index >= 15 is 0 Å². The second kappa shape index (κ2) is 3.87. The smallest absolute Gasteiger partial charge is 0.129 e. The second-order valence-corrected chi connectivity index (χ2v) is 4.80. The highest BCUT2D eigenvalue weighted by Gasteiger charge is 2.16. The summed E-state index contributed by atoms with van der Waals surface area (Å²) in [7, 11) is 0. The van der Waals surface area contributed by atoms with Crippen LogP contribution < -0.4 is 5.73 Å². The maximum Gasteiger partial charge on any atom is 0.129 e. The predicted octanol–water partition coefficient (Wildman–Crippen LogP) is 3.07. The molecule has 1 aromatic carbocycles. The van der Waals surface area contributed by atoms with E-state index in [1.807, 2.05) is 13.8 Å². The highest BCUT2D eigenvalue weighted by atomic mass is 35.5. The molecule has 0 saturated carbocycles. The lowest BCUT2D eigenvalue weighted by Gasteiger charge is -2.19. The van der Waals surface area contributed by atoms with Crippen molar-refractivity contribution in [1.29, 1.82) is 0 Å². The van der Waals surface area contributed by atoms with Gasteiger partial charge in [0, 0.05) is 10.6 Å². The van der Waals surface area contributed by atoms with E-state index in [1.165, 1.54) is 0 Å². The number of nitrogens with two attached hydrogens (primary N) is 1. The first-order chi connectivity index (χ1) is 6.29. The van der Waals surface area contributed by atoms with Crippen LogP contribution in [0.5, 0.6) is 0 Å². The zero-order chi connectivity index (χ0) is 10.9. The van der Waals surface area contributed by atoms with E-state index in [0.717, 1.165) is 0 Å². The lowest BCUT2D eigenvalue weighted by atomic mass is 9.95. The van der Waals surface area contributed by atoms with Crippen LogP contribution in [0, 0.1) is 12.7 Å². The molecule has 0 fully saturated rings. The standard InChI is InChI=1S/C11H15ClFN/c1-7-4-9(12)5-8(10(7)13)6-11(2,3)14/h4-5H,6,14H2,1-3H3. The summed E-state index contributed by atoms with van der Waals surface area (Å²) in [5.74, 6) is -0.201. The molecule has 0 aliphatic heterocycles. The zero-order valence-electron chi connectivity index (χ0n) is 8.70. The Morgan fingerprint density at radius 3 is 2.50 bits per heavy atom. The molecular formula is C11H15ClFN. The predicted molar refractivity (Wildman–Crippen MR) is 58.1 cm³/mol. The van der Waals surface area contributed by atoms with Crippen LogP contribution in [-0.2, 0) is 6.42 Å². The molecule has 3 heteroatoms. The summed E-state index contributed by atoms with van der Waals surface area (Å²) in [4.78, 5) is 0. The van der Waals surface area contributed by atoms with Gasteiger partial charge in [-0.1, -0.05) is 11.6 Å². The molecule has 0 unspecified atom stereocenters. The molecule has 0 aliphatic carbocycles. The van der Waals surface area contributed by atoms with E-state index in [-0.39, 0.29) is 5.82 Å². The molecule has 0 radical (unpaired) electrons. The van der Waals surface area contributed by atoms with Gasteiger partial charge in [0.15, 0.2) is 0 Å². The summed E-state index contributed by atoms with van der Waals surface area (Å²) in [6, 6.07) is 3.25. The summed E-state index contributed by atoms with van der Waals surface area (Å²) in [5, 5.41) is 0.558. The average Bonchev–Trinajstić information content (AvgIpc) is 1.96. The van der Waals surface area contributed by atoms with Crippen molar-refractivity contribution in [1.82, 2.24) is 0 Å². The Balaban J connectivity index is 3.09. The van der Waals surface area contributed by atoms with E-state index in [9.17, 15) is 4.39 Å². The van der Waals surface area contributed by atoms with Crippen molar-refractivity contribution in [2.75, 3.05) is 0 Å². The average molecular weight is 216 g/mol. The van der Waals surface area contributed by atoms with Crippen molar-refractivity contribution in [2.45, 2.75) is 32.7 Å². The van der Waals surface area contributed by atoms with Crippen LogP contribution in [0.25, 0.3) is 0 Å². The third-order valence-electron chi connectivity index (χ3n) is 1.94. The van der Waals surface area contributed by atoms with Gasteiger partial charge < -0.3 is 5.73 Å². The highest BCUT2D eigenvalue weighted by Crippen LogP contribution is 2.22. The Morgan fingerprint density at radius 1 is 1.43 bits per heavy atom. The molecule has 0 saturated heterocycles. The van der Waals surface area contributed by atoms with E-state index in [1.54, 1.807) is 19.1 Å². The Labute approximate surface area is 89.1 Å². The summed E-state index contributed by atoms with van der Waals surface area (Å²) in [5.41, 5.74) is 6.56. The van der Waals surface area contributed by atoms with Crippen molar-refractivity contribution < 1.29 is 4.39 Å². The van der Waals surface area contributed by atoms with Gasteiger partial charge in [0.1, 0.15) is 5.82 Å². The fraction of sp³-hybridized carbons (Fsp3) is 0.455. The SMILES string of the molecule is Cc1cc(Cl)cc(CC(C)(C)N)c1F. The third-order valence-corrected chi connectivity index (χ3v) is 2.16. The first-order valence-electron chi connectivity index (χ1n) is 4.53. The molecule has 1 nitrogen and oxygen atoms in total. The number of hydrogen-bond acceptors (Lipinski definition) is 1. The lowest BCUT2D eigenvalue weighted by molar-refractivity contribution is 0.495. The van der Waals surface area contributed by atoms with Gasteiger partial charge in [0.25, 0.3) is 0 Å². The van der Waals surface area contributed by atoms with Crippen LogP contribution in [0.15, 0.2) is 12.1 Å². The minimum atomic E-state index is -0.419. The topological polar surface area (TPSA) is 26.0 Å². The quantitative estimate of drug-likeness (QED) is 0.806. The third kappa shape index (κ3) is 2.96. The van der Waals surface area contributed by atoms with Crippen LogP contribution in [0.2, 0.25) is 5.02 Å². The fourth-order valence-corrected chi connectivity index (χ4v) is 1.71. The molecule has 0 amide bonds. The van der Waals surface area contributed by atoms with Gasteiger partial charge >= 0.3 is 0 Å². The van der Waals surface area contributed by atoms with Crippen molar-refractivity contribution >= 4 is 11.6 Å². The first-order valence-corrected chi connectivity index (χ1v) is 4.91. The molecule has 0 atom stereocenters. The Kier molecular flexibility index (Phi) is 3.17. The van der Waals surface area contributed by atoms with Gasteiger partial charge in [0.2, 0.25) is 0 Å². The van der Waals surface area contributed by atoms with E-state index in [2.05, 4.69) is 0 Å². The van der Waals surface area contributed by atoms with Gasteiger partial charge in [-0.15, -0.1) is 0 Å².